The number of carboxylic acids is 1. The van der Waals surface area contributed by atoms with Crippen molar-refractivity contribution in [1.29, 1.82) is 0 Å². The highest BCUT2D eigenvalue weighted by Gasteiger charge is 2.32. The lowest BCUT2D eigenvalue weighted by atomic mass is 10.0. The van der Waals surface area contributed by atoms with Crippen molar-refractivity contribution < 1.29 is 14.7 Å². The van der Waals surface area contributed by atoms with Crippen LogP contribution in [0.15, 0.2) is 70.6 Å². The minimum absolute atomic E-state index is 0.0696. The van der Waals surface area contributed by atoms with Gasteiger partial charge in [0.15, 0.2) is 0 Å². The summed E-state index contributed by atoms with van der Waals surface area (Å²) in [5.41, 5.74) is 3.90. The summed E-state index contributed by atoms with van der Waals surface area (Å²) in [5, 5.41) is 10.6. The molecular weight excluding hydrogens is 590 g/mol. The standard InChI is InChI=1S/C30H30BrN5O3S/c1-20-27(31)40-28(33-20)25-13-8-16-36(25)30-32-17-23(24(34-30)15-14-21-9-4-2-5-10-21)29(39)35(19-26(37)38)18-22-11-6-3-7-12-22/h2-7,9-12,17,25H,8,13-16,18-19H2,1H3,(H,37,38). The Hall–Kier alpha value is -3.63. The van der Waals surface area contributed by atoms with Gasteiger partial charge in [-0.3, -0.25) is 9.59 Å². The molecule has 5 rings (SSSR count). The van der Waals surface area contributed by atoms with Crippen LogP contribution in [-0.2, 0) is 24.2 Å². The van der Waals surface area contributed by atoms with Crippen LogP contribution in [0.1, 0.15) is 56.8 Å². The number of aliphatic carboxylic acids is 1. The summed E-state index contributed by atoms with van der Waals surface area (Å²) < 4.78 is 1.02. The van der Waals surface area contributed by atoms with Crippen LogP contribution < -0.4 is 4.90 Å². The van der Waals surface area contributed by atoms with Crippen molar-refractivity contribution >= 4 is 45.1 Å². The molecule has 2 aromatic carbocycles. The first-order valence-electron chi connectivity index (χ1n) is 13.2. The molecule has 0 aliphatic carbocycles. The van der Waals surface area contributed by atoms with Gasteiger partial charge in [-0.2, -0.15) is 0 Å². The molecule has 1 amide bonds. The molecule has 3 heterocycles. The number of nitrogens with zero attached hydrogens (tertiary/aromatic N) is 5. The van der Waals surface area contributed by atoms with Crippen molar-refractivity contribution in [2.45, 2.75) is 45.2 Å². The Morgan fingerprint density at radius 2 is 1.75 bits per heavy atom. The number of aromatic nitrogens is 3. The summed E-state index contributed by atoms with van der Waals surface area (Å²) >= 11 is 5.23. The van der Waals surface area contributed by atoms with E-state index in [1.54, 1.807) is 17.5 Å². The number of carboxylic acid groups (broad SMARTS) is 1. The summed E-state index contributed by atoms with van der Waals surface area (Å²) in [7, 11) is 0. The lowest BCUT2D eigenvalue weighted by Crippen LogP contribution is -2.36. The molecule has 2 aromatic heterocycles. The first kappa shape index (κ1) is 27.9. The van der Waals surface area contributed by atoms with E-state index in [9.17, 15) is 14.7 Å². The quantitative estimate of drug-likeness (QED) is 0.237. The van der Waals surface area contributed by atoms with E-state index in [-0.39, 0.29) is 12.6 Å². The second-order valence-electron chi connectivity index (χ2n) is 9.82. The van der Waals surface area contributed by atoms with E-state index in [0.29, 0.717) is 30.0 Å². The number of thiazole rings is 1. The molecule has 1 N–H and O–H groups in total. The number of aryl methyl sites for hydroxylation is 3. The third kappa shape index (κ3) is 6.56. The third-order valence-corrected chi connectivity index (χ3v) is 9.07. The van der Waals surface area contributed by atoms with Crippen LogP contribution in [0.4, 0.5) is 5.95 Å². The first-order valence-corrected chi connectivity index (χ1v) is 14.8. The molecule has 0 spiro atoms. The predicted octanol–water partition coefficient (Wildman–Crippen LogP) is 5.86. The van der Waals surface area contributed by atoms with Crippen molar-refractivity contribution in [3.05, 3.63) is 104 Å². The summed E-state index contributed by atoms with van der Waals surface area (Å²) in [6.07, 6.45) is 4.73. The molecule has 1 saturated heterocycles. The molecule has 1 aliphatic rings. The largest absolute Gasteiger partial charge is 0.480 e. The van der Waals surface area contributed by atoms with Gasteiger partial charge in [0, 0.05) is 19.3 Å². The normalized spacial score (nSPS) is 14.8. The summed E-state index contributed by atoms with van der Waals surface area (Å²) in [6.45, 7) is 2.55. The molecule has 1 atom stereocenters. The third-order valence-electron chi connectivity index (χ3n) is 6.96. The highest BCUT2D eigenvalue weighted by molar-refractivity contribution is 9.11. The zero-order chi connectivity index (χ0) is 28.1. The average molecular weight is 621 g/mol. The van der Waals surface area contributed by atoms with Crippen molar-refractivity contribution in [1.82, 2.24) is 19.9 Å². The van der Waals surface area contributed by atoms with Crippen LogP contribution in [0.3, 0.4) is 0 Å². The van der Waals surface area contributed by atoms with Crippen molar-refractivity contribution in [2.24, 2.45) is 0 Å². The molecule has 0 radical (unpaired) electrons. The molecule has 206 valence electrons. The van der Waals surface area contributed by atoms with Crippen LogP contribution in [0.2, 0.25) is 0 Å². The van der Waals surface area contributed by atoms with E-state index in [2.05, 4.69) is 37.9 Å². The maximum atomic E-state index is 13.8. The van der Waals surface area contributed by atoms with Gasteiger partial charge in [0.25, 0.3) is 5.91 Å². The molecular formula is C30H30BrN5O3S. The number of benzene rings is 2. The molecule has 8 nitrogen and oxygen atoms in total. The fourth-order valence-corrected chi connectivity index (χ4v) is 6.49. The molecule has 1 fully saturated rings. The molecule has 10 heteroatoms. The van der Waals surface area contributed by atoms with Gasteiger partial charge < -0.3 is 14.9 Å². The van der Waals surface area contributed by atoms with Crippen LogP contribution in [0, 0.1) is 6.92 Å². The smallest absolute Gasteiger partial charge is 0.323 e. The Kier molecular flexibility index (Phi) is 8.86. The molecule has 1 unspecified atom stereocenters. The summed E-state index contributed by atoms with van der Waals surface area (Å²) in [4.78, 5) is 43.4. The highest BCUT2D eigenvalue weighted by atomic mass is 79.9. The van der Waals surface area contributed by atoms with E-state index < -0.39 is 18.4 Å². The van der Waals surface area contributed by atoms with Gasteiger partial charge in [-0.05, 0) is 59.7 Å². The first-order chi connectivity index (χ1) is 19.4. The lowest BCUT2D eigenvalue weighted by Gasteiger charge is -2.25. The maximum Gasteiger partial charge on any atom is 0.323 e. The molecule has 4 aromatic rings. The van der Waals surface area contributed by atoms with Crippen molar-refractivity contribution in [2.75, 3.05) is 18.0 Å². The average Bonchev–Trinajstić information content (AvgIpc) is 3.58. The van der Waals surface area contributed by atoms with Gasteiger partial charge in [-0.15, -0.1) is 11.3 Å². The number of amides is 1. The molecule has 0 bridgehead atoms. The fraction of sp³-hybridized carbons (Fsp3) is 0.300. The van der Waals surface area contributed by atoms with Crippen LogP contribution in [-0.4, -0.2) is 49.9 Å². The topological polar surface area (TPSA) is 99.5 Å². The van der Waals surface area contributed by atoms with E-state index in [0.717, 1.165) is 45.0 Å². The summed E-state index contributed by atoms with van der Waals surface area (Å²) in [6, 6.07) is 19.5. The van der Waals surface area contributed by atoms with Crippen LogP contribution in [0.5, 0.6) is 0 Å². The Labute approximate surface area is 245 Å². The molecule has 1 aliphatic heterocycles. The van der Waals surface area contributed by atoms with Crippen molar-refractivity contribution in [3.8, 4) is 0 Å². The summed E-state index contributed by atoms with van der Waals surface area (Å²) in [5.74, 6) is -0.894. The van der Waals surface area contributed by atoms with Gasteiger partial charge in [-0.1, -0.05) is 60.7 Å². The predicted molar refractivity (Wildman–Crippen MR) is 159 cm³/mol. The molecule has 0 saturated carbocycles. The fourth-order valence-electron chi connectivity index (χ4n) is 4.96. The monoisotopic (exact) mass is 619 g/mol. The second-order valence-corrected chi connectivity index (χ2v) is 12.2. The van der Waals surface area contributed by atoms with Gasteiger partial charge in [0.2, 0.25) is 5.95 Å². The number of carbonyl (C=O) groups excluding carboxylic acids is 1. The van der Waals surface area contributed by atoms with Crippen LogP contribution >= 0.6 is 27.3 Å². The highest BCUT2D eigenvalue weighted by Crippen LogP contribution is 2.39. The van der Waals surface area contributed by atoms with Crippen molar-refractivity contribution in [3.63, 3.8) is 0 Å². The second kappa shape index (κ2) is 12.7. The minimum Gasteiger partial charge on any atom is -0.480 e. The van der Waals surface area contributed by atoms with Crippen LogP contribution in [0.25, 0.3) is 0 Å². The molecule has 40 heavy (non-hydrogen) atoms. The SMILES string of the molecule is Cc1nc(C2CCCN2c2ncc(C(=O)N(CC(=O)O)Cc3ccccc3)c(CCc3ccccc3)n2)sc1Br. The van der Waals surface area contributed by atoms with E-state index >= 15 is 0 Å². The van der Waals surface area contributed by atoms with E-state index in [1.165, 1.54) is 4.90 Å². The van der Waals surface area contributed by atoms with Gasteiger partial charge in [0.05, 0.1) is 26.8 Å². The minimum atomic E-state index is -1.07. The van der Waals surface area contributed by atoms with Gasteiger partial charge >= 0.3 is 5.97 Å². The van der Waals surface area contributed by atoms with E-state index in [1.807, 2.05) is 55.5 Å². The number of hydrogen-bond donors (Lipinski definition) is 1. The number of halogens is 1. The number of rotatable bonds is 10. The van der Waals surface area contributed by atoms with Gasteiger partial charge in [-0.25, -0.2) is 15.0 Å². The number of hydrogen-bond acceptors (Lipinski definition) is 7. The zero-order valence-corrected chi connectivity index (χ0v) is 24.6. The Morgan fingerprint density at radius 1 is 1.05 bits per heavy atom. The Morgan fingerprint density at radius 3 is 2.40 bits per heavy atom. The Bertz CT molecular complexity index is 1460. The number of carbonyl (C=O) groups is 2. The lowest BCUT2D eigenvalue weighted by molar-refractivity contribution is -0.137. The maximum absolute atomic E-state index is 13.8. The number of anilines is 1. The van der Waals surface area contributed by atoms with Gasteiger partial charge in [0.1, 0.15) is 11.6 Å². The zero-order valence-electron chi connectivity index (χ0n) is 22.2. The Balaban J connectivity index is 1.48. The van der Waals surface area contributed by atoms with E-state index in [4.69, 9.17) is 9.97 Å².